The Kier molecular flexibility index (Phi) is 4.62. The Morgan fingerprint density at radius 1 is 1.15 bits per heavy atom. The molecule has 2 aromatic carbocycles. The largest absolute Gasteiger partial charge is 0.482 e. The monoisotopic (exact) mass is 363 g/mol. The van der Waals surface area contributed by atoms with Crippen LogP contribution in [0.4, 0.5) is 5.69 Å². The third-order valence-corrected chi connectivity index (χ3v) is 4.55. The molecule has 138 valence electrons. The van der Waals surface area contributed by atoms with E-state index in [0.29, 0.717) is 30.4 Å². The van der Waals surface area contributed by atoms with Gasteiger partial charge in [0.25, 0.3) is 5.91 Å². The summed E-state index contributed by atoms with van der Waals surface area (Å²) in [7, 11) is 0. The summed E-state index contributed by atoms with van der Waals surface area (Å²) < 4.78 is 11.0. The highest BCUT2D eigenvalue weighted by molar-refractivity contribution is 5.98. The van der Waals surface area contributed by atoms with Crippen LogP contribution in [0.5, 0.6) is 5.75 Å². The molecule has 0 bridgehead atoms. The number of amides is 1. The van der Waals surface area contributed by atoms with Crippen LogP contribution in [0.3, 0.4) is 0 Å². The van der Waals surface area contributed by atoms with E-state index >= 15 is 0 Å². The zero-order chi connectivity index (χ0) is 18.8. The van der Waals surface area contributed by atoms with E-state index in [1.165, 1.54) is 5.56 Å². The molecule has 1 aliphatic rings. The summed E-state index contributed by atoms with van der Waals surface area (Å²) in [6, 6.07) is 13.9. The first-order valence-corrected chi connectivity index (χ1v) is 9.10. The standard InChI is InChI=1S/C21H21N3O3/c1-3-10-24-17-12-16(8-9-18(17)26-13-20(24)25)21-22-19(27-23-21)11-15-6-4-14(2)5-7-15/h4-9,12H,3,10-11,13H2,1-2H3. The molecule has 0 saturated heterocycles. The van der Waals surface area contributed by atoms with Gasteiger partial charge in [-0.05, 0) is 37.1 Å². The quantitative estimate of drug-likeness (QED) is 0.690. The van der Waals surface area contributed by atoms with Crippen LogP contribution < -0.4 is 9.64 Å². The highest BCUT2D eigenvalue weighted by Gasteiger charge is 2.25. The van der Waals surface area contributed by atoms with Crippen molar-refractivity contribution >= 4 is 11.6 Å². The van der Waals surface area contributed by atoms with Gasteiger partial charge in [-0.2, -0.15) is 4.98 Å². The molecule has 3 aromatic rings. The highest BCUT2D eigenvalue weighted by atomic mass is 16.5. The highest BCUT2D eigenvalue weighted by Crippen LogP contribution is 2.35. The minimum atomic E-state index is -0.0327. The number of fused-ring (bicyclic) bond motifs is 1. The number of benzene rings is 2. The molecule has 0 N–H and O–H groups in total. The van der Waals surface area contributed by atoms with Crippen molar-refractivity contribution in [2.45, 2.75) is 26.7 Å². The van der Waals surface area contributed by atoms with E-state index in [1.54, 1.807) is 4.90 Å². The number of nitrogens with zero attached hydrogens (tertiary/aromatic N) is 3. The van der Waals surface area contributed by atoms with Crippen molar-refractivity contribution in [1.82, 2.24) is 10.1 Å². The molecule has 1 amide bonds. The molecule has 4 rings (SSSR count). The van der Waals surface area contributed by atoms with E-state index in [1.807, 2.05) is 25.1 Å². The molecule has 0 spiro atoms. The van der Waals surface area contributed by atoms with Crippen molar-refractivity contribution in [3.63, 3.8) is 0 Å². The second-order valence-corrected chi connectivity index (χ2v) is 6.69. The van der Waals surface area contributed by atoms with Crippen LogP contribution in [0.15, 0.2) is 47.0 Å². The lowest BCUT2D eigenvalue weighted by atomic mass is 10.1. The van der Waals surface area contributed by atoms with Gasteiger partial charge in [0.1, 0.15) is 5.75 Å². The molecule has 0 fully saturated rings. The SMILES string of the molecule is CCCN1C(=O)COc2ccc(-c3noc(Cc4ccc(C)cc4)n3)cc21. The number of aromatic nitrogens is 2. The first-order chi connectivity index (χ1) is 13.1. The molecule has 0 unspecified atom stereocenters. The summed E-state index contributed by atoms with van der Waals surface area (Å²) in [6.45, 7) is 4.84. The first kappa shape index (κ1) is 17.3. The van der Waals surface area contributed by atoms with E-state index in [-0.39, 0.29) is 12.5 Å². The van der Waals surface area contributed by atoms with E-state index in [4.69, 9.17) is 9.26 Å². The number of ether oxygens (including phenoxy) is 1. The Hall–Kier alpha value is -3.15. The number of carbonyl (C=O) groups excluding carboxylic acids is 1. The third-order valence-electron chi connectivity index (χ3n) is 4.55. The van der Waals surface area contributed by atoms with Crippen LogP contribution in [-0.2, 0) is 11.2 Å². The summed E-state index contributed by atoms with van der Waals surface area (Å²) in [4.78, 5) is 18.5. The predicted molar refractivity (Wildman–Crippen MR) is 102 cm³/mol. The summed E-state index contributed by atoms with van der Waals surface area (Å²) in [6.07, 6.45) is 1.46. The summed E-state index contributed by atoms with van der Waals surface area (Å²) in [5, 5.41) is 4.11. The van der Waals surface area contributed by atoms with Gasteiger partial charge in [-0.25, -0.2) is 0 Å². The van der Waals surface area contributed by atoms with Crippen molar-refractivity contribution in [2.24, 2.45) is 0 Å². The fourth-order valence-electron chi connectivity index (χ4n) is 3.13. The molecule has 1 aromatic heterocycles. The molecule has 6 nitrogen and oxygen atoms in total. The topological polar surface area (TPSA) is 68.5 Å². The molecule has 0 radical (unpaired) electrons. The third kappa shape index (κ3) is 3.56. The Labute approximate surface area is 157 Å². The van der Waals surface area contributed by atoms with Crippen molar-refractivity contribution < 1.29 is 14.1 Å². The van der Waals surface area contributed by atoms with Crippen molar-refractivity contribution in [1.29, 1.82) is 0 Å². The number of rotatable bonds is 5. The Bertz CT molecular complexity index is 963. The van der Waals surface area contributed by atoms with E-state index < -0.39 is 0 Å². The zero-order valence-electron chi connectivity index (χ0n) is 15.4. The van der Waals surface area contributed by atoms with E-state index in [2.05, 4.69) is 41.3 Å². The fourth-order valence-corrected chi connectivity index (χ4v) is 3.13. The lowest BCUT2D eigenvalue weighted by Gasteiger charge is -2.29. The van der Waals surface area contributed by atoms with Crippen LogP contribution in [0.1, 0.15) is 30.4 Å². The lowest BCUT2D eigenvalue weighted by Crippen LogP contribution is -2.39. The molecule has 0 atom stereocenters. The fraction of sp³-hybridized carbons (Fsp3) is 0.286. The van der Waals surface area contributed by atoms with Crippen molar-refractivity contribution in [3.05, 3.63) is 59.5 Å². The van der Waals surface area contributed by atoms with Crippen LogP contribution in [0.25, 0.3) is 11.4 Å². The normalized spacial score (nSPS) is 13.4. The Morgan fingerprint density at radius 2 is 1.96 bits per heavy atom. The van der Waals surface area contributed by atoms with E-state index in [0.717, 1.165) is 23.2 Å². The Morgan fingerprint density at radius 3 is 2.74 bits per heavy atom. The predicted octanol–water partition coefficient (Wildman–Crippen LogP) is 3.77. The minimum Gasteiger partial charge on any atom is -0.482 e. The average Bonchev–Trinajstić information content (AvgIpc) is 3.14. The first-order valence-electron chi connectivity index (χ1n) is 9.10. The minimum absolute atomic E-state index is 0.0327. The molecule has 2 heterocycles. The maximum Gasteiger partial charge on any atom is 0.265 e. The molecule has 0 saturated carbocycles. The molecular weight excluding hydrogens is 342 g/mol. The van der Waals surface area contributed by atoms with E-state index in [9.17, 15) is 4.79 Å². The van der Waals surface area contributed by atoms with Crippen LogP contribution in [0.2, 0.25) is 0 Å². The molecule has 1 aliphatic heterocycles. The van der Waals surface area contributed by atoms with Gasteiger partial charge < -0.3 is 14.2 Å². The lowest BCUT2D eigenvalue weighted by molar-refractivity contribution is -0.121. The van der Waals surface area contributed by atoms with Gasteiger partial charge in [0.15, 0.2) is 6.61 Å². The summed E-state index contributed by atoms with van der Waals surface area (Å²) >= 11 is 0. The second-order valence-electron chi connectivity index (χ2n) is 6.69. The number of hydrogen-bond donors (Lipinski definition) is 0. The number of hydrogen-bond acceptors (Lipinski definition) is 5. The van der Waals surface area contributed by atoms with Gasteiger partial charge in [0.05, 0.1) is 12.1 Å². The molecule has 0 aliphatic carbocycles. The zero-order valence-corrected chi connectivity index (χ0v) is 15.4. The number of carbonyl (C=O) groups is 1. The van der Waals surface area contributed by atoms with Crippen molar-refractivity contribution in [2.75, 3.05) is 18.1 Å². The summed E-state index contributed by atoms with van der Waals surface area (Å²) in [5.74, 6) is 1.74. The van der Waals surface area contributed by atoms with Gasteiger partial charge in [-0.15, -0.1) is 0 Å². The molecular formula is C21H21N3O3. The van der Waals surface area contributed by atoms with Gasteiger partial charge in [0, 0.05) is 12.1 Å². The maximum atomic E-state index is 12.2. The van der Waals surface area contributed by atoms with Crippen LogP contribution in [-0.4, -0.2) is 29.2 Å². The number of anilines is 1. The number of aryl methyl sites for hydroxylation is 1. The average molecular weight is 363 g/mol. The van der Waals surface area contributed by atoms with Gasteiger partial charge in [-0.1, -0.05) is 41.9 Å². The van der Waals surface area contributed by atoms with Gasteiger partial charge in [-0.3, -0.25) is 4.79 Å². The second kappa shape index (κ2) is 7.23. The molecule has 27 heavy (non-hydrogen) atoms. The maximum absolute atomic E-state index is 12.2. The van der Waals surface area contributed by atoms with Crippen LogP contribution in [0, 0.1) is 6.92 Å². The Balaban J connectivity index is 1.60. The van der Waals surface area contributed by atoms with Crippen molar-refractivity contribution in [3.8, 4) is 17.1 Å². The van der Waals surface area contributed by atoms with Gasteiger partial charge in [0.2, 0.25) is 11.7 Å². The van der Waals surface area contributed by atoms with Crippen LogP contribution >= 0.6 is 0 Å². The molecule has 6 heteroatoms. The van der Waals surface area contributed by atoms with Gasteiger partial charge >= 0.3 is 0 Å². The smallest absolute Gasteiger partial charge is 0.265 e. The summed E-state index contributed by atoms with van der Waals surface area (Å²) in [5.41, 5.74) is 3.89.